The number of carbonyl (C=O) groups excluding carboxylic acids is 3. The van der Waals surface area contributed by atoms with E-state index in [0.29, 0.717) is 44.6 Å². The van der Waals surface area contributed by atoms with Crippen LogP contribution in [0, 0.1) is 17.8 Å². The van der Waals surface area contributed by atoms with Crippen LogP contribution in [0.25, 0.3) is 0 Å². The van der Waals surface area contributed by atoms with Gasteiger partial charge in [0.25, 0.3) is 0 Å². The topological polar surface area (TPSA) is 70.2 Å². The van der Waals surface area contributed by atoms with E-state index in [1.807, 2.05) is 4.90 Å². The number of carbonyl (C=O) groups is 3. The Balaban J connectivity index is 1.43. The smallest absolute Gasteiger partial charge is 0.409 e. The molecule has 1 unspecified atom stereocenters. The number of likely N-dealkylation sites (tertiary alicyclic amines) is 1. The molecule has 7 heteroatoms. The van der Waals surface area contributed by atoms with Crippen molar-refractivity contribution in [3.8, 4) is 0 Å². The molecule has 0 N–H and O–H groups in total. The van der Waals surface area contributed by atoms with Gasteiger partial charge in [0.1, 0.15) is 0 Å². The molecule has 7 nitrogen and oxygen atoms in total. The molecule has 1 aliphatic carbocycles. The van der Waals surface area contributed by atoms with Crippen LogP contribution >= 0.6 is 0 Å². The average Bonchev–Trinajstić information content (AvgIpc) is 2.73. The second-order valence-corrected chi connectivity index (χ2v) is 8.59. The van der Waals surface area contributed by atoms with E-state index in [1.54, 1.807) is 11.8 Å². The lowest BCUT2D eigenvalue weighted by Gasteiger charge is -2.38. The Morgan fingerprint density at radius 2 is 1.32 bits per heavy atom. The quantitative estimate of drug-likeness (QED) is 0.738. The van der Waals surface area contributed by atoms with Crippen molar-refractivity contribution in [1.29, 1.82) is 0 Å². The lowest BCUT2D eigenvalue weighted by atomic mass is 9.80. The first kappa shape index (κ1) is 20.9. The summed E-state index contributed by atoms with van der Waals surface area (Å²) in [4.78, 5) is 43.1. The fourth-order valence-corrected chi connectivity index (χ4v) is 4.82. The minimum atomic E-state index is -0.291. The Morgan fingerprint density at radius 3 is 1.86 bits per heavy atom. The highest BCUT2D eigenvalue weighted by molar-refractivity contribution is 5.81. The summed E-state index contributed by atoms with van der Waals surface area (Å²) in [6, 6.07) is 0. The highest BCUT2D eigenvalue weighted by Gasteiger charge is 2.35. The Hall–Kier alpha value is -1.79. The van der Waals surface area contributed by atoms with Crippen molar-refractivity contribution in [2.75, 3.05) is 45.9 Å². The van der Waals surface area contributed by atoms with E-state index in [0.717, 1.165) is 45.2 Å². The highest BCUT2D eigenvalue weighted by atomic mass is 16.6. The molecule has 3 aliphatic rings. The molecule has 0 radical (unpaired) electrons. The van der Waals surface area contributed by atoms with Gasteiger partial charge in [-0.3, -0.25) is 9.59 Å². The van der Waals surface area contributed by atoms with E-state index >= 15 is 0 Å². The fraction of sp³-hybridized carbons (Fsp3) is 0.857. The minimum absolute atomic E-state index is 0.0264. The lowest BCUT2D eigenvalue weighted by Crippen LogP contribution is -2.52. The monoisotopic (exact) mass is 393 g/mol. The first-order valence-electron chi connectivity index (χ1n) is 11.0. The standard InChI is InChI=1S/C21H35N3O4/c1-3-28-21(27)23-13-11-22(12-14-23)19(25)17-6-8-18(9-7-17)20(26)24-10-4-5-16(2)15-24/h16-18H,3-15H2,1-2H3. The van der Waals surface area contributed by atoms with E-state index in [9.17, 15) is 14.4 Å². The van der Waals surface area contributed by atoms with Crippen LogP contribution in [-0.2, 0) is 14.3 Å². The molecule has 28 heavy (non-hydrogen) atoms. The number of piperazine rings is 1. The van der Waals surface area contributed by atoms with Crippen LogP contribution < -0.4 is 0 Å². The van der Waals surface area contributed by atoms with Crippen molar-refractivity contribution < 1.29 is 19.1 Å². The van der Waals surface area contributed by atoms with Gasteiger partial charge in [-0.2, -0.15) is 0 Å². The first-order chi connectivity index (χ1) is 13.5. The summed E-state index contributed by atoms with van der Waals surface area (Å²) in [7, 11) is 0. The summed E-state index contributed by atoms with van der Waals surface area (Å²) in [5.41, 5.74) is 0. The second kappa shape index (κ2) is 9.61. The molecule has 0 aromatic rings. The molecule has 2 saturated heterocycles. The zero-order valence-corrected chi connectivity index (χ0v) is 17.4. The Labute approximate surface area is 168 Å². The van der Waals surface area contributed by atoms with E-state index in [-0.39, 0.29) is 23.8 Å². The Morgan fingerprint density at radius 1 is 0.786 bits per heavy atom. The van der Waals surface area contributed by atoms with Gasteiger partial charge < -0.3 is 19.4 Å². The molecule has 3 fully saturated rings. The second-order valence-electron chi connectivity index (χ2n) is 8.59. The minimum Gasteiger partial charge on any atom is -0.450 e. The molecule has 3 rings (SSSR count). The van der Waals surface area contributed by atoms with Gasteiger partial charge in [-0.15, -0.1) is 0 Å². The normalized spacial score (nSPS) is 28.8. The van der Waals surface area contributed by atoms with E-state index in [1.165, 1.54) is 6.42 Å². The summed E-state index contributed by atoms with van der Waals surface area (Å²) < 4.78 is 5.03. The van der Waals surface area contributed by atoms with Crippen LogP contribution in [0.2, 0.25) is 0 Å². The van der Waals surface area contributed by atoms with Crippen LogP contribution in [0.4, 0.5) is 4.79 Å². The SMILES string of the molecule is CCOC(=O)N1CCN(C(=O)C2CCC(C(=O)N3CCCC(C)C3)CC2)CC1. The van der Waals surface area contributed by atoms with Gasteiger partial charge in [0.2, 0.25) is 11.8 Å². The van der Waals surface area contributed by atoms with Crippen LogP contribution in [0.3, 0.4) is 0 Å². The van der Waals surface area contributed by atoms with Gasteiger partial charge in [-0.05, 0) is 51.4 Å². The van der Waals surface area contributed by atoms with Gasteiger partial charge in [-0.25, -0.2) is 4.79 Å². The Kier molecular flexibility index (Phi) is 7.18. The molecule has 0 bridgehead atoms. The molecular weight excluding hydrogens is 358 g/mol. The van der Waals surface area contributed by atoms with Crippen LogP contribution in [0.5, 0.6) is 0 Å². The number of nitrogens with zero attached hydrogens (tertiary/aromatic N) is 3. The number of hydrogen-bond donors (Lipinski definition) is 0. The van der Waals surface area contributed by atoms with Crippen LogP contribution in [-0.4, -0.2) is 78.5 Å². The van der Waals surface area contributed by atoms with E-state index in [4.69, 9.17) is 4.74 Å². The number of ether oxygens (including phenoxy) is 1. The molecule has 1 atom stereocenters. The summed E-state index contributed by atoms with van der Waals surface area (Å²) in [5.74, 6) is 1.22. The lowest BCUT2D eigenvalue weighted by molar-refractivity contribution is -0.143. The maximum Gasteiger partial charge on any atom is 0.409 e. The number of hydrogen-bond acceptors (Lipinski definition) is 4. The van der Waals surface area contributed by atoms with Crippen molar-refractivity contribution in [2.24, 2.45) is 17.8 Å². The number of amides is 3. The third kappa shape index (κ3) is 4.97. The Bertz CT molecular complexity index is 566. The van der Waals surface area contributed by atoms with Gasteiger partial charge in [0, 0.05) is 51.1 Å². The van der Waals surface area contributed by atoms with E-state index < -0.39 is 0 Å². The highest BCUT2D eigenvalue weighted by Crippen LogP contribution is 2.32. The number of rotatable bonds is 3. The summed E-state index contributed by atoms with van der Waals surface area (Å²) in [5, 5.41) is 0. The van der Waals surface area contributed by atoms with Crippen LogP contribution in [0.15, 0.2) is 0 Å². The molecular formula is C21H35N3O4. The van der Waals surface area contributed by atoms with Crippen LogP contribution in [0.1, 0.15) is 52.4 Å². The van der Waals surface area contributed by atoms with Gasteiger partial charge in [0.05, 0.1) is 6.61 Å². The largest absolute Gasteiger partial charge is 0.450 e. The predicted octanol–water partition coefficient (Wildman–Crippen LogP) is 2.35. The van der Waals surface area contributed by atoms with Gasteiger partial charge >= 0.3 is 6.09 Å². The molecule has 2 aliphatic heterocycles. The fourth-order valence-electron chi connectivity index (χ4n) is 4.82. The maximum atomic E-state index is 12.9. The zero-order chi connectivity index (χ0) is 20.1. The summed E-state index contributed by atoms with van der Waals surface area (Å²) >= 11 is 0. The van der Waals surface area contributed by atoms with Crippen molar-refractivity contribution >= 4 is 17.9 Å². The third-order valence-corrected chi connectivity index (χ3v) is 6.51. The summed E-state index contributed by atoms with van der Waals surface area (Å²) in [6.45, 7) is 8.38. The molecule has 2 heterocycles. The molecule has 0 aromatic carbocycles. The summed E-state index contributed by atoms with van der Waals surface area (Å²) in [6.07, 6.45) is 5.28. The van der Waals surface area contributed by atoms with Gasteiger partial charge in [0.15, 0.2) is 0 Å². The molecule has 0 aromatic heterocycles. The molecule has 0 spiro atoms. The molecule has 158 valence electrons. The number of piperidine rings is 1. The molecule has 3 amide bonds. The van der Waals surface area contributed by atoms with Crippen molar-refractivity contribution in [3.05, 3.63) is 0 Å². The predicted molar refractivity (Wildman–Crippen MR) is 106 cm³/mol. The third-order valence-electron chi connectivity index (χ3n) is 6.51. The van der Waals surface area contributed by atoms with Crippen molar-refractivity contribution in [2.45, 2.75) is 52.4 Å². The maximum absolute atomic E-state index is 12.9. The van der Waals surface area contributed by atoms with E-state index in [2.05, 4.69) is 11.8 Å². The zero-order valence-electron chi connectivity index (χ0n) is 17.4. The first-order valence-corrected chi connectivity index (χ1v) is 11.0. The average molecular weight is 394 g/mol. The van der Waals surface area contributed by atoms with Crippen molar-refractivity contribution in [3.63, 3.8) is 0 Å². The molecule has 1 saturated carbocycles. The van der Waals surface area contributed by atoms with Crippen molar-refractivity contribution in [1.82, 2.24) is 14.7 Å². The van der Waals surface area contributed by atoms with Gasteiger partial charge in [-0.1, -0.05) is 6.92 Å².